The third kappa shape index (κ3) is 4.29. The third-order valence-corrected chi connectivity index (χ3v) is 4.38. The van der Waals surface area contributed by atoms with Crippen molar-refractivity contribution in [2.75, 3.05) is 41.7 Å². The van der Waals surface area contributed by atoms with Gasteiger partial charge in [0.15, 0.2) is 0 Å². The molecule has 21 heavy (non-hydrogen) atoms. The van der Waals surface area contributed by atoms with E-state index in [-0.39, 0.29) is 0 Å². The Kier molecular flexibility index (Phi) is 6.21. The Labute approximate surface area is 130 Å². The lowest BCUT2D eigenvalue weighted by molar-refractivity contribution is 0.624. The molecule has 0 aromatic heterocycles. The minimum atomic E-state index is 0.879. The molecule has 0 atom stereocenters. The van der Waals surface area contributed by atoms with E-state index >= 15 is 0 Å². The van der Waals surface area contributed by atoms with Gasteiger partial charge in [0.1, 0.15) is 0 Å². The van der Waals surface area contributed by atoms with Crippen LogP contribution in [0.4, 0.5) is 17.1 Å². The number of rotatable bonds is 8. The summed E-state index contributed by atoms with van der Waals surface area (Å²) in [6.45, 7) is 9.14. The van der Waals surface area contributed by atoms with Gasteiger partial charge in [-0.05, 0) is 31.0 Å². The average Bonchev–Trinajstić information content (AvgIpc) is 2.49. The molecular formula is C18H31N3. The summed E-state index contributed by atoms with van der Waals surface area (Å²) in [5.41, 5.74) is 9.62. The molecule has 2 N–H and O–H groups in total. The van der Waals surface area contributed by atoms with Crippen molar-refractivity contribution in [3.63, 3.8) is 0 Å². The van der Waals surface area contributed by atoms with Gasteiger partial charge in [-0.25, -0.2) is 0 Å². The lowest BCUT2D eigenvalue weighted by Gasteiger charge is -2.39. The number of nitrogens with two attached hydrogens (primary N) is 1. The Hall–Kier alpha value is -1.38. The van der Waals surface area contributed by atoms with Gasteiger partial charge in [0, 0.05) is 31.9 Å². The smallest absolute Gasteiger partial charge is 0.0625 e. The van der Waals surface area contributed by atoms with Crippen LogP contribution in [0.15, 0.2) is 18.2 Å². The molecule has 0 fully saturated rings. The van der Waals surface area contributed by atoms with Crippen LogP contribution < -0.4 is 15.5 Å². The maximum absolute atomic E-state index is 6.02. The van der Waals surface area contributed by atoms with Crippen LogP contribution >= 0.6 is 0 Å². The molecule has 2 rings (SSSR count). The molecule has 1 aliphatic heterocycles. The Morgan fingerprint density at radius 2 is 1.43 bits per heavy atom. The van der Waals surface area contributed by atoms with Crippen LogP contribution in [-0.2, 0) is 0 Å². The number of hydrogen-bond donors (Lipinski definition) is 1. The molecule has 0 unspecified atom stereocenters. The van der Waals surface area contributed by atoms with Gasteiger partial charge in [-0.3, -0.25) is 0 Å². The quantitative estimate of drug-likeness (QED) is 0.573. The van der Waals surface area contributed by atoms with Crippen LogP contribution in [0.3, 0.4) is 0 Å². The van der Waals surface area contributed by atoms with Gasteiger partial charge in [0.05, 0.1) is 11.4 Å². The molecular weight excluding hydrogens is 258 g/mol. The van der Waals surface area contributed by atoms with Crippen LogP contribution in [0.5, 0.6) is 0 Å². The van der Waals surface area contributed by atoms with E-state index in [1.54, 1.807) is 0 Å². The van der Waals surface area contributed by atoms with Crippen molar-refractivity contribution in [3.8, 4) is 0 Å². The van der Waals surface area contributed by atoms with Crippen LogP contribution in [0.1, 0.15) is 52.4 Å². The fourth-order valence-electron chi connectivity index (χ4n) is 3.11. The Morgan fingerprint density at radius 1 is 0.857 bits per heavy atom. The Balaban J connectivity index is 2.08. The summed E-state index contributed by atoms with van der Waals surface area (Å²) in [5, 5.41) is 0. The zero-order chi connectivity index (χ0) is 15.1. The van der Waals surface area contributed by atoms with E-state index < -0.39 is 0 Å². The van der Waals surface area contributed by atoms with E-state index in [9.17, 15) is 0 Å². The molecule has 3 heteroatoms. The lowest BCUT2D eigenvalue weighted by atomic mass is 10.1. The van der Waals surface area contributed by atoms with Crippen molar-refractivity contribution in [3.05, 3.63) is 18.2 Å². The number of benzene rings is 1. The number of fused-ring (bicyclic) bond motifs is 1. The first-order chi connectivity index (χ1) is 10.3. The molecule has 118 valence electrons. The molecule has 0 amide bonds. The summed E-state index contributed by atoms with van der Waals surface area (Å²) in [5.74, 6) is 0. The highest BCUT2D eigenvalue weighted by Crippen LogP contribution is 2.35. The van der Waals surface area contributed by atoms with Gasteiger partial charge in [0.2, 0.25) is 0 Å². The molecule has 0 saturated heterocycles. The summed E-state index contributed by atoms with van der Waals surface area (Å²) in [6, 6.07) is 6.41. The minimum Gasteiger partial charge on any atom is -0.399 e. The van der Waals surface area contributed by atoms with Crippen LogP contribution in [-0.4, -0.2) is 26.2 Å². The van der Waals surface area contributed by atoms with E-state index in [1.807, 2.05) is 6.07 Å². The lowest BCUT2D eigenvalue weighted by Crippen LogP contribution is -2.42. The van der Waals surface area contributed by atoms with Gasteiger partial charge in [-0.2, -0.15) is 0 Å². The van der Waals surface area contributed by atoms with Crippen LogP contribution in [0, 0.1) is 0 Å². The topological polar surface area (TPSA) is 32.5 Å². The first-order valence-electron chi connectivity index (χ1n) is 8.65. The monoisotopic (exact) mass is 289 g/mol. The van der Waals surface area contributed by atoms with Crippen molar-refractivity contribution >= 4 is 17.1 Å². The number of nitrogens with zero attached hydrogens (tertiary/aromatic N) is 2. The molecule has 1 aromatic carbocycles. The predicted molar refractivity (Wildman–Crippen MR) is 94.3 cm³/mol. The third-order valence-electron chi connectivity index (χ3n) is 4.38. The molecule has 1 aromatic rings. The van der Waals surface area contributed by atoms with Gasteiger partial charge in [0.25, 0.3) is 0 Å². The van der Waals surface area contributed by atoms with Crippen molar-refractivity contribution < 1.29 is 0 Å². The van der Waals surface area contributed by atoms with Crippen molar-refractivity contribution in [2.45, 2.75) is 52.4 Å². The fourth-order valence-corrected chi connectivity index (χ4v) is 3.11. The number of hydrogen-bond acceptors (Lipinski definition) is 3. The molecule has 0 bridgehead atoms. The van der Waals surface area contributed by atoms with Gasteiger partial charge in [-0.15, -0.1) is 0 Å². The van der Waals surface area contributed by atoms with Gasteiger partial charge < -0.3 is 15.5 Å². The molecule has 0 saturated carbocycles. The maximum Gasteiger partial charge on any atom is 0.0625 e. The highest BCUT2D eigenvalue weighted by molar-refractivity contribution is 5.77. The van der Waals surface area contributed by atoms with E-state index in [1.165, 1.54) is 56.4 Å². The van der Waals surface area contributed by atoms with E-state index in [2.05, 4.69) is 35.8 Å². The maximum atomic E-state index is 6.02. The average molecular weight is 289 g/mol. The second-order valence-corrected chi connectivity index (χ2v) is 6.14. The second-order valence-electron chi connectivity index (χ2n) is 6.14. The molecule has 0 aliphatic carbocycles. The van der Waals surface area contributed by atoms with E-state index in [0.29, 0.717) is 0 Å². The van der Waals surface area contributed by atoms with Crippen LogP contribution in [0.2, 0.25) is 0 Å². The summed E-state index contributed by atoms with van der Waals surface area (Å²) >= 11 is 0. The van der Waals surface area contributed by atoms with Crippen LogP contribution in [0.25, 0.3) is 0 Å². The highest BCUT2D eigenvalue weighted by Gasteiger charge is 2.21. The van der Waals surface area contributed by atoms with E-state index in [0.717, 1.165) is 25.3 Å². The molecule has 0 spiro atoms. The first kappa shape index (κ1) is 16.0. The van der Waals surface area contributed by atoms with E-state index in [4.69, 9.17) is 5.73 Å². The summed E-state index contributed by atoms with van der Waals surface area (Å²) < 4.78 is 0. The van der Waals surface area contributed by atoms with Crippen molar-refractivity contribution in [2.24, 2.45) is 0 Å². The number of nitrogen functional groups attached to an aromatic ring is 1. The molecule has 1 heterocycles. The van der Waals surface area contributed by atoms with Gasteiger partial charge >= 0.3 is 0 Å². The number of anilines is 3. The summed E-state index contributed by atoms with van der Waals surface area (Å²) in [6.07, 6.45) is 7.76. The normalized spacial score (nSPS) is 14.4. The molecule has 0 radical (unpaired) electrons. The highest BCUT2D eigenvalue weighted by atomic mass is 15.3. The molecule has 3 nitrogen and oxygen atoms in total. The Morgan fingerprint density at radius 3 is 2.00 bits per heavy atom. The minimum absolute atomic E-state index is 0.879. The van der Waals surface area contributed by atoms with Crippen molar-refractivity contribution in [1.29, 1.82) is 0 Å². The van der Waals surface area contributed by atoms with Crippen molar-refractivity contribution in [1.82, 2.24) is 0 Å². The fraction of sp³-hybridized carbons (Fsp3) is 0.667. The second kappa shape index (κ2) is 8.16. The largest absolute Gasteiger partial charge is 0.399 e. The SMILES string of the molecule is CCCCCN1CCN(CCCCC)c2cc(N)ccc21. The predicted octanol–water partition coefficient (Wildman–Crippen LogP) is 4.28. The zero-order valence-electron chi connectivity index (χ0n) is 13.8. The number of unbranched alkanes of at least 4 members (excludes halogenated alkanes) is 4. The first-order valence-corrected chi connectivity index (χ1v) is 8.65. The molecule has 1 aliphatic rings. The van der Waals surface area contributed by atoms with Gasteiger partial charge in [-0.1, -0.05) is 39.5 Å². The standard InChI is InChI=1S/C18H31N3/c1-3-5-7-11-20-13-14-21(12-8-6-4-2)18-15-16(19)9-10-17(18)20/h9-10,15H,3-8,11-14,19H2,1-2H3. The Bertz CT molecular complexity index is 430. The summed E-state index contributed by atoms with van der Waals surface area (Å²) in [7, 11) is 0. The zero-order valence-corrected chi connectivity index (χ0v) is 13.8. The summed E-state index contributed by atoms with van der Waals surface area (Å²) in [4.78, 5) is 5.07.